The molecule has 0 spiro atoms. The van der Waals surface area contributed by atoms with Crippen LogP contribution in [0.2, 0.25) is 5.02 Å². The molecule has 2 aromatic rings. The molecule has 1 aromatic heterocycles. The van der Waals surface area contributed by atoms with E-state index in [1.807, 2.05) is 48.0 Å². The molecule has 5 nitrogen and oxygen atoms in total. The topological polar surface area (TPSA) is 50.2 Å². The smallest absolute Gasteiger partial charge is 0.244 e. The van der Waals surface area contributed by atoms with Crippen LogP contribution in [0.15, 0.2) is 43.0 Å². The van der Waals surface area contributed by atoms with Crippen molar-refractivity contribution in [3.05, 3.63) is 53.6 Å². The summed E-state index contributed by atoms with van der Waals surface area (Å²) in [6, 6.07) is 5.72. The quantitative estimate of drug-likeness (QED) is 0.626. The Morgan fingerprint density at radius 3 is 2.91 bits per heavy atom. The molecule has 0 bridgehead atoms. The van der Waals surface area contributed by atoms with E-state index in [0.29, 0.717) is 11.6 Å². The number of benzene rings is 1. The number of anilines is 1. The molecule has 0 aliphatic heterocycles. The van der Waals surface area contributed by atoms with Gasteiger partial charge in [0.05, 0.1) is 17.0 Å². The van der Waals surface area contributed by atoms with Crippen molar-refractivity contribution in [3.8, 4) is 0 Å². The highest BCUT2D eigenvalue weighted by Crippen LogP contribution is 2.25. The van der Waals surface area contributed by atoms with Crippen molar-refractivity contribution in [3.63, 3.8) is 0 Å². The van der Waals surface area contributed by atoms with Crippen molar-refractivity contribution in [2.24, 2.45) is 0 Å². The number of amides is 1. The van der Waals surface area contributed by atoms with Gasteiger partial charge in [-0.25, -0.2) is 4.98 Å². The van der Waals surface area contributed by atoms with Crippen LogP contribution in [-0.4, -0.2) is 36.1 Å². The molecule has 0 fully saturated rings. The van der Waals surface area contributed by atoms with Gasteiger partial charge < -0.3 is 14.8 Å². The third-order valence-corrected chi connectivity index (χ3v) is 3.63. The number of hydrogen-bond acceptors (Lipinski definition) is 3. The number of hydrogen-bond donors (Lipinski definition) is 1. The van der Waals surface area contributed by atoms with Crippen molar-refractivity contribution in [1.82, 2.24) is 14.9 Å². The van der Waals surface area contributed by atoms with Crippen LogP contribution < -0.4 is 10.2 Å². The summed E-state index contributed by atoms with van der Waals surface area (Å²) >= 11 is 6.21. The second-order valence-corrected chi connectivity index (χ2v) is 5.79. The largest absolute Gasteiger partial charge is 0.376 e. The van der Waals surface area contributed by atoms with E-state index in [9.17, 15) is 4.79 Å². The molecule has 0 unspecified atom stereocenters. The summed E-state index contributed by atoms with van der Waals surface area (Å²) in [5.74, 6) is -0.108. The van der Waals surface area contributed by atoms with Crippen LogP contribution in [0.1, 0.15) is 12.0 Å². The van der Waals surface area contributed by atoms with Crippen LogP contribution in [-0.2, 0) is 11.3 Å². The van der Waals surface area contributed by atoms with Gasteiger partial charge in [0.15, 0.2) is 0 Å². The van der Waals surface area contributed by atoms with Gasteiger partial charge in [-0.05, 0) is 30.2 Å². The summed E-state index contributed by atoms with van der Waals surface area (Å²) in [6.45, 7) is 1.47. The van der Waals surface area contributed by atoms with Gasteiger partial charge in [0, 0.05) is 45.7 Å². The maximum atomic E-state index is 11.8. The van der Waals surface area contributed by atoms with Gasteiger partial charge in [0.25, 0.3) is 0 Å². The maximum Gasteiger partial charge on any atom is 0.244 e. The van der Waals surface area contributed by atoms with Gasteiger partial charge in [-0.1, -0.05) is 17.7 Å². The fraction of sp³-hybridized carbons (Fsp3) is 0.294. The first-order chi connectivity index (χ1) is 11.1. The van der Waals surface area contributed by atoms with Gasteiger partial charge in [0.1, 0.15) is 0 Å². The van der Waals surface area contributed by atoms with Crippen LogP contribution in [0.4, 0.5) is 5.69 Å². The molecule has 0 saturated carbocycles. The third-order valence-electron chi connectivity index (χ3n) is 3.33. The fourth-order valence-electron chi connectivity index (χ4n) is 2.11. The van der Waals surface area contributed by atoms with E-state index in [4.69, 9.17) is 11.6 Å². The fourth-order valence-corrected chi connectivity index (χ4v) is 2.47. The van der Waals surface area contributed by atoms with Gasteiger partial charge in [-0.2, -0.15) is 0 Å². The van der Waals surface area contributed by atoms with Crippen molar-refractivity contribution in [2.75, 3.05) is 25.5 Å². The molecule has 0 atom stereocenters. The Balaban J connectivity index is 1.78. The minimum absolute atomic E-state index is 0.108. The van der Waals surface area contributed by atoms with E-state index in [2.05, 4.69) is 10.3 Å². The van der Waals surface area contributed by atoms with E-state index >= 15 is 0 Å². The zero-order valence-corrected chi connectivity index (χ0v) is 14.1. The molecule has 0 saturated heterocycles. The lowest BCUT2D eigenvalue weighted by Gasteiger charge is -2.14. The van der Waals surface area contributed by atoms with Crippen LogP contribution in [0.5, 0.6) is 0 Å². The Bertz CT molecular complexity index is 665. The number of nitrogens with zero attached hydrogens (tertiary/aromatic N) is 3. The predicted octanol–water partition coefficient (Wildman–Crippen LogP) is 2.82. The molecule has 1 N–H and O–H groups in total. The first-order valence-corrected chi connectivity index (χ1v) is 7.82. The predicted molar refractivity (Wildman–Crippen MR) is 94.7 cm³/mol. The average molecular weight is 333 g/mol. The van der Waals surface area contributed by atoms with Crippen LogP contribution >= 0.6 is 11.6 Å². The highest BCUT2D eigenvalue weighted by molar-refractivity contribution is 6.33. The number of aromatic nitrogens is 2. The first-order valence-electron chi connectivity index (χ1n) is 7.45. The second-order valence-electron chi connectivity index (χ2n) is 5.38. The zero-order chi connectivity index (χ0) is 16.7. The van der Waals surface area contributed by atoms with Gasteiger partial charge in [-0.3, -0.25) is 4.79 Å². The standard InChI is InChI=1S/C17H21ClN4O/c1-21(2)16-6-4-14(12-15(16)18)5-7-17(23)20-8-3-10-22-11-9-19-13-22/h4-7,9,11-13H,3,8,10H2,1-2H3,(H,20,23). The lowest BCUT2D eigenvalue weighted by molar-refractivity contribution is -0.116. The Hall–Kier alpha value is -2.27. The number of carbonyl (C=O) groups is 1. The van der Waals surface area contributed by atoms with Crippen LogP contribution in [0.25, 0.3) is 6.08 Å². The van der Waals surface area contributed by atoms with Gasteiger partial charge in [-0.15, -0.1) is 0 Å². The normalized spacial score (nSPS) is 10.9. The summed E-state index contributed by atoms with van der Waals surface area (Å²) in [4.78, 5) is 17.7. The Kier molecular flexibility index (Phi) is 6.23. The number of nitrogens with one attached hydrogen (secondary N) is 1. The van der Waals surface area contributed by atoms with Crippen molar-refractivity contribution in [1.29, 1.82) is 0 Å². The van der Waals surface area contributed by atoms with E-state index in [1.54, 1.807) is 18.6 Å². The molecule has 1 heterocycles. The average Bonchev–Trinajstić information content (AvgIpc) is 3.02. The van der Waals surface area contributed by atoms with Gasteiger partial charge in [0.2, 0.25) is 5.91 Å². The summed E-state index contributed by atoms with van der Waals surface area (Å²) in [5, 5.41) is 3.52. The summed E-state index contributed by atoms with van der Waals surface area (Å²) in [6.07, 6.45) is 9.56. The van der Waals surface area contributed by atoms with E-state index in [0.717, 1.165) is 24.2 Å². The lowest BCUT2D eigenvalue weighted by atomic mass is 10.2. The molecule has 1 amide bonds. The summed E-state index contributed by atoms with van der Waals surface area (Å²) < 4.78 is 1.98. The molecular formula is C17H21ClN4O. The Morgan fingerprint density at radius 1 is 1.43 bits per heavy atom. The number of carbonyl (C=O) groups excluding carboxylic acids is 1. The molecule has 0 radical (unpaired) electrons. The minimum Gasteiger partial charge on any atom is -0.376 e. The lowest BCUT2D eigenvalue weighted by Crippen LogP contribution is -2.22. The molecule has 0 aliphatic carbocycles. The molecule has 2 rings (SSSR count). The molecular weight excluding hydrogens is 312 g/mol. The highest BCUT2D eigenvalue weighted by Gasteiger charge is 2.02. The first kappa shape index (κ1) is 17.1. The molecule has 23 heavy (non-hydrogen) atoms. The summed E-state index contributed by atoms with van der Waals surface area (Å²) in [7, 11) is 3.88. The Labute approximate surface area is 141 Å². The monoisotopic (exact) mass is 332 g/mol. The number of imidazole rings is 1. The molecule has 122 valence electrons. The number of halogens is 1. The van der Waals surface area contributed by atoms with Crippen molar-refractivity contribution >= 4 is 29.3 Å². The van der Waals surface area contributed by atoms with Gasteiger partial charge >= 0.3 is 0 Å². The Morgan fingerprint density at radius 2 is 2.26 bits per heavy atom. The van der Waals surface area contributed by atoms with Crippen LogP contribution in [0, 0.1) is 0 Å². The van der Waals surface area contributed by atoms with E-state index in [-0.39, 0.29) is 5.91 Å². The third kappa shape index (κ3) is 5.45. The molecule has 1 aromatic carbocycles. The number of aryl methyl sites for hydroxylation is 1. The highest BCUT2D eigenvalue weighted by atomic mass is 35.5. The van der Waals surface area contributed by atoms with Crippen molar-refractivity contribution in [2.45, 2.75) is 13.0 Å². The second kappa shape index (κ2) is 8.39. The molecule has 0 aliphatic rings. The SMILES string of the molecule is CN(C)c1ccc(C=CC(=O)NCCCn2ccnc2)cc1Cl. The minimum atomic E-state index is -0.108. The zero-order valence-electron chi connectivity index (χ0n) is 13.4. The van der Waals surface area contributed by atoms with Crippen LogP contribution in [0.3, 0.4) is 0 Å². The van der Waals surface area contributed by atoms with E-state index in [1.165, 1.54) is 6.08 Å². The number of rotatable bonds is 7. The molecule has 6 heteroatoms. The van der Waals surface area contributed by atoms with E-state index < -0.39 is 0 Å². The van der Waals surface area contributed by atoms with Crippen molar-refractivity contribution < 1.29 is 4.79 Å². The summed E-state index contributed by atoms with van der Waals surface area (Å²) in [5.41, 5.74) is 1.85. The maximum absolute atomic E-state index is 11.8.